The molecule has 2 saturated heterocycles. The fourth-order valence-corrected chi connectivity index (χ4v) is 6.04. The van der Waals surface area contributed by atoms with E-state index in [0.717, 1.165) is 10.6 Å². The highest BCUT2D eigenvalue weighted by molar-refractivity contribution is 7.52. The summed E-state index contributed by atoms with van der Waals surface area (Å²) in [5.41, 5.74) is -2.77. The maximum atomic E-state index is 13.9. The van der Waals surface area contributed by atoms with Crippen molar-refractivity contribution >= 4 is 13.7 Å². The summed E-state index contributed by atoms with van der Waals surface area (Å²) in [6.45, 7) is 6.16. The summed E-state index contributed by atoms with van der Waals surface area (Å²) in [5, 5.41) is 13.8. The van der Waals surface area contributed by atoms with Gasteiger partial charge in [-0.2, -0.15) is 5.09 Å². The summed E-state index contributed by atoms with van der Waals surface area (Å²) >= 11 is 0. The van der Waals surface area contributed by atoms with Crippen LogP contribution in [0.2, 0.25) is 0 Å². The molecule has 1 aromatic heterocycles. The lowest BCUT2D eigenvalue weighted by atomic mass is 9.87. The van der Waals surface area contributed by atoms with Crippen LogP contribution in [0.25, 0.3) is 0 Å². The van der Waals surface area contributed by atoms with Crippen LogP contribution in [0.4, 0.5) is 0 Å². The van der Waals surface area contributed by atoms with Crippen molar-refractivity contribution in [1.29, 1.82) is 0 Å². The average molecular weight is 554 g/mol. The number of nitrogens with one attached hydrogen (secondary N) is 2. The third-order valence-electron chi connectivity index (χ3n) is 6.14. The van der Waals surface area contributed by atoms with Gasteiger partial charge in [0.1, 0.15) is 29.6 Å². The summed E-state index contributed by atoms with van der Waals surface area (Å²) in [6.07, 6.45) is -2.78. The van der Waals surface area contributed by atoms with Gasteiger partial charge in [0.15, 0.2) is 6.23 Å². The highest BCUT2D eigenvalue weighted by Gasteiger charge is 2.61. The Balaban J connectivity index is 1.60. The number of aromatic nitrogens is 2. The van der Waals surface area contributed by atoms with Gasteiger partial charge in [-0.05, 0) is 39.8 Å². The molecule has 0 spiro atoms. The van der Waals surface area contributed by atoms with E-state index in [1.807, 2.05) is 0 Å². The minimum Gasteiger partial charge on any atom is -0.462 e. The molecule has 0 unspecified atom stereocenters. The molecular weight excluding hydrogens is 521 g/mol. The van der Waals surface area contributed by atoms with Gasteiger partial charge >= 0.3 is 19.4 Å². The summed E-state index contributed by atoms with van der Waals surface area (Å²) < 4.78 is 43.7. The van der Waals surface area contributed by atoms with Crippen molar-refractivity contribution in [2.24, 2.45) is 0 Å². The second kappa shape index (κ2) is 11.1. The molecule has 14 heteroatoms. The molecule has 3 heterocycles. The zero-order valence-electron chi connectivity index (χ0n) is 21.4. The predicted octanol–water partition coefficient (Wildman–Crippen LogP) is 1.48. The van der Waals surface area contributed by atoms with Crippen LogP contribution in [-0.4, -0.2) is 63.3 Å². The number of rotatable bonds is 10. The van der Waals surface area contributed by atoms with Crippen LogP contribution in [0.15, 0.2) is 52.2 Å². The molecule has 4 rings (SSSR count). The Morgan fingerprint density at radius 3 is 2.63 bits per heavy atom. The first-order valence-electron chi connectivity index (χ1n) is 12.2. The van der Waals surface area contributed by atoms with Crippen LogP contribution in [0, 0.1) is 0 Å². The minimum absolute atomic E-state index is 0.134. The Hall–Kier alpha value is -2.80. The van der Waals surface area contributed by atoms with Gasteiger partial charge in [-0.15, -0.1) is 0 Å². The van der Waals surface area contributed by atoms with Crippen molar-refractivity contribution in [3.63, 3.8) is 0 Å². The number of fused-ring (bicyclic) bond motifs is 2. The molecule has 2 fully saturated rings. The summed E-state index contributed by atoms with van der Waals surface area (Å²) in [6, 6.07) is 8.33. The van der Waals surface area contributed by atoms with Gasteiger partial charge in [0.2, 0.25) is 0 Å². The van der Waals surface area contributed by atoms with Gasteiger partial charge in [-0.1, -0.05) is 18.2 Å². The lowest BCUT2D eigenvalue weighted by molar-refractivity contribution is -0.158. The zero-order valence-corrected chi connectivity index (χ0v) is 22.3. The lowest BCUT2D eigenvalue weighted by Crippen LogP contribution is -2.54. The van der Waals surface area contributed by atoms with E-state index in [9.17, 15) is 24.1 Å². The number of carbonyl (C=O) groups is 1. The first-order chi connectivity index (χ1) is 17.9. The fraction of sp³-hybridized carbons (Fsp3) is 0.542. The van der Waals surface area contributed by atoms with Crippen molar-refractivity contribution in [2.75, 3.05) is 6.61 Å². The number of hydrogen-bond acceptors (Lipinski definition) is 10. The molecule has 2 bridgehead atoms. The average Bonchev–Trinajstić information content (AvgIpc) is 2.99. The van der Waals surface area contributed by atoms with Crippen molar-refractivity contribution in [1.82, 2.24) is 14.6 Å². The molecule has 3 N–H and O–H groups in total. The first kappa shape index (κ1) is 28.2. The minimum atomic E-state index is -4.25. The largest absolute Gasteiger partial charge is 0.462 e. The van der Waals surface area contributed by atoms with E-state index in [2.05, 4.69) is 10.1 Å². The van der Waals surface area contributed by atoms with Crippen LogP contribution < -0.4 is 20.9 Å². The fourth-order valence-electron chi connectivity index (χ4n) is 4.50. The smallest absolute Gasteiger partial charge is 0.459 e. The van der Waals surface area contributed by atoms with Gasteiger partial charge in [0.25, 0.3) is 5.56 Å². The molecule has 13 nitrogen and oxygen atoms in total. The van der Waals surface area contributed by atoms with E-state index in [-0.39, 0.29) is 12.2 Å². The monoisotopic (exact) mass is 553 g/mol. The van der Waals surface area contributed by atoms with Crippen LogP contribution in [0.1, 0.15) is 40.3 Å². The summed E-state index contributed by atoms with van der Waals surface area (Å²) in [7, 11) is -4.25. The molecule has 1 aromatic carbocycles. The van der Waals surface area contributed by atoms with Gasteiger partial charge in [-0.3, -0.25) is 23.7 Å². The molecule has 2 aliphatic heterocycles. The van der Waals surface area contributed by atoms with E-state index in [0.29, 0.717) is 0 Å². The highest BCUT2D eigenvalue weighted by atomic mass is 31.2. The van der Waals surface area contributed by atoms with E-state index < -0.39 is 73.9 Å². The van der Waals surface area contributed by atoms with Crippen molar-refractivity contribution in [2.45, 2.75) is 76.4 Å². The molecule has 2 aromatic rings. The van der Waals surface area contributed by atoms with E-state index >= 15 is 0 Å². The van der Waals surface area contributed by atoms with Crippen LogP contribution in [0.3, 0.4) is 0 Å². The quantitative estimate of drug-likeness (QED) is 0.288. The molecule has 2 aliphatic rings. The number of aliphatic hydroxyl groups excluding tert-OH is 1. The molecule has 208 valence electrons. The standard InChI is InChI=1S/C24H32N3O10P/c1-14(2)34-22(30)16(4)26-38(32,37-17-8-6-5-7-9-17)33-13-24-12-15(3)35-19(20(24)29)21(36-24)27-11-10-18(28)25-23(27)31/h5-11,14-16,19-21,29H,12-13H2,1-4H3,(H,26,32)(H,25,28,31)/t15-,16+,19-,20+,21-,24-,38-/m1/s1. The molecular formula is C24H32N3O10P. The second-order valence-electron chi connectivity index (χ2n) is 9.66. The number of aromatic amines is 1. The number of benzene rings is 1. The van der Waals surface area contributed by atoms with E-state index in [1.165, 1.54) is 13.1 Å². The Kier molecular flexibility index (Phi) is 8.26. The normalized spacial score (nSPS) is 29.0. The van der Waals surface area contributed by atoms with Gasteiger partial charge < -0.3 is 23.8 Å². The topological polar surface area (TPSA) is 167 Å². The van der Waals surface area contributed by atoms with Crippen molar-refractivity contribution in [3.8, 4) is 5.75 Å². The summed E-state index contributed by atoms with van der Waals surface area (Å²) in [5.74, 6) is -0.442. The number of nitrogens with zero attached hydrogens (tertiary/aromatic N) is 1. The predicted molar refractivity (Wildman–Crippen MR) is 134 cm³/mol. The molecule has 0 radical (unpaired) electrons. The second-order valence-corrected chi connectivity index (χ2v) is 11.4. The van der Waals surface area contributed by atoms with Crippen molar-refractivity contribution in [3.05, 3.63) is 63.4 Å². The maximum absolute atomic E-state index is 13.9. The Bertz CT molecular complexity index is 1300. The molecule has 38 heavy (non-hydrogen) atoms. The Labute approximate surface area is 218 Å². The third-order valence-corrected chi connectivity index (χ3v) is 7.76. The highest BCUT2D eigenvalue weighted by Crippen LogP contribution is 2.51. The maximum Gasteiger partial charge on any atom is 0.459 e. The number of H-pyrrole nitrogens is 1. The van der Waals surface area contributed by atoms with E-state index in [4.69, 9.17) is 23.3 Å². The zero-order chi connectivity index (χ0) is 27.7. The molecule has 0 saturated carbocycles. The SMILES string of the molecule is CC(C)OC(=O)[C@H](C)N[P@@](=O)(OC[C@@]12C[C@@H](C)O[C@@H]([C@H](n3ccc(=O)[nH]c3=O)O1)[C@@H]2O)Oc1ccccc1. The first-order valence-corrected chi connectivity index (χ1v) is 13.8. The van der Waals surface area contributed by atoms with Gasteiger partial charge in [-0.25, -0.2) is 9.36 Å². The van der Waals surface area contributed by atoms with Crippen LogP contribution in [-0.2, 0) is 28.1 Å². The van der Waals surface area contributed by atoms with E-state index in [1.54, 1.807) is 51.1 Å². The molecule has 7 atom stereocenters. The Morgan fingerprint density at radius 1 is 1.26 bits per heavy atom. The third kappa shape index (κ3) is 6.09. The number of esters is 1. The Morgan fingerprint density at radius 2 is 1.97 bits per heavy atom. The van der Waals surface area contributed by atoms with Gasteiger partial charge in [0.05, 0.1) is 18.8 Å². The number of ether oxygens (including phenoxy) is 3. The number of para-hydroxylation sites is 1. The van der Waals surface area contributed by atoms with Crippen molar-refractivity contribution < 1.29 is 37.7 Å². The molecule has 0 amide bonds. The summed E-state index contributed by atoms with van der Waals surface area (Å²) in [4.78, 5) is 38.5. The van der Waals surface area contributed by atoms with Crippen LogP contribution in [0.5, 0.6) is 5.75 Å². The van der Waals surface area contributed by atoms with Crippen LogP contribution >= 0.6 is 7.75 Å². The van der Waals surface area contributed by atoms with Gasteiger partial charge in [0, 0.05) is 18.7 Å². The lowest BCUT2D eigenvalue weighted by Gasteiger charge is -2.39. The molecule has 0 aliphatic carbocycles. The number of hydrogen-bond donors (Lipinski definition) is 3. The number of carbonyl (C=O) groups excluding carboxylic acids is 1. The number of aliphatic hydroxyl groups is 1.